The number of rotatable bonds is 3. The number of nitrogens with one attached hydrogen (secondary N) is 1. The Labute approximate surface area is 124 Å². The van der Waals surface area contributed by atoms with Gasteiger partial charge in [-0.3, -0.25) is 14.9 Å². The predicted molar refractivity (Wildman–Crippen MR) is 81.6 cm³/mol. The van der Waals surface area contributed by atoms with Gasteiger partial charge < -0.3 is 10.2 Å². The molecule has 6 nitrogen and oxygen atoms in total. The van der Waals surface area contributed by atoms with Crippen LogP contribution in [0.5, 0.6) is 0 Å². The lowest BCUT2D eigenvalue weighted by atomic mass is 10.0. The van der Waals surface area contributed by atoms with Gasteiger partial charge in [0.15, 0.2) is 0 Å². The average molecular weight is 291 g/mol. The van der Waals surface area contributed by atoms with Crippen LogP contribution < -0.4 is 5.32 Å². The van der Waals surface area contributed by atoms with E-state index in [1.54, 1.807) is 13.1 Å². The number of benzene rings is 1. The van der Waals surface area contributed by atoms with E-state index in [1.807, 2.05) is 4.90 Å². The summed E-state index contributed by atoms with van der Waals surface area (Å²) in [5, 5.41) is 13.7. The zero-order chi connectivity index (χ0) is 15.4. The molecular formula is C15H21N3O3. The zero-order valence-corrected chi connectivity index (χ0v) is 12.5. The molecule has 1 amide bonds. The van der Waals surface area contributed by atoms with E-state index in [4.69, 9.17) is 0 Å². The van der Waals surface area contributed by atoms with Gasteiger partial charge in [0, 0.05) is 31.8 Å². The van der Waals surface area contributed by atoms with Gasteiger partial charge >= 0.3 is 0 Å². The number of nitrogens with zero attached hydrogens (tertiary/aromatic N) is 2. The smallest absolute Gasteiger partial charge is 0.292 e. The molecule has 0 spiro atoms. The summed E-state index contributed by atoms with van der Waals surface area (Å²) in [4.78, 5) is 24.9. The van der Waals surface area contributed by atoms with Gasteiger partial charge in [0.2, 0.25) is 0 Å². The normalized spacial score (nSPS) is 19.0. The average Bonchev–Trinajstić information content (AvgIpc) is 2.70. The van der Waals surface area contributed by atoms with Gasteiger partial charge in [-0.2, -0.15) is 0 Å². The number of hydrogen-bond acceptors (Lipinski definition) is 4. The highest BCUT2D eigenvalue weighted by Crippen LogP contribution is 2.26. The second-order valence-electron chi connectivity index (χ2n) is 5.57. The summed E-state index contributed by atoms with van der Waals surface area (Å²) in [6.07, 6.45) is 3.17. The van der Waals surface area contributed by atoms with Crippen molar-refractivity contribution in [1.82, 2.24) is 4.90 Å². The molecule has 1 aliphatic heterocycles. The third-order valence-corrected chi connectivity index (χ3v) is 4.01. The number of hydrogen-bond donors (Lipinski definition) is 1. The van der Waals surface area contributed by atoms with Crippen molar-refractivity contribution in [2.24, 2.45) is 5.92 Å². The molecule has 2 rings (SSSR count). The van der Waals surface area contributed by atoms with Gasteiger partial charge in [0.1, 0.15) is 5.69 Å². The van der Waals surface area contributed by atoms with Gasteiger partial charge in [0.05, 0.1) is 4.92 Å². The minimum Gasteiger partial charge on any atom is -0.383 e. The Balaban J connectivity index is 2.21. The van der Waals surface area contributed by atoms with Crippen LogP contribution in [0.25, 0.3) is 0 Å². The van der Waals surface area contributed by atoms with Gasteiger partial charge in [-0.25, -0.2) is 0 Å². The summed E-state index contributed by atoms with van der Waals surface area (Å²) >= 11 is 0. The second kappa shape index (κ2) is 6.56. The van der Waals surface area contributed by atoms with Crippen molar-refractivity contribution in [3.05, 3.63) is 33.9 Å². The third kappa shape index (κ3) is 3.51. The molecular weight excluding hydrogens is 270 g/mol. The molecule has 0 bridgehead atoms. The van der Waals surface area contributed by atoms with E-state index in [0.29, 0.717) is 17.2 Å². The first-order valence-corrected chi connectivity index (χ1v) is 7.28. The minimum atomic E-state index is -0.451. The number of nitro groups is 1. The maximum atomic E-state index is 12.5. The van der Waals surface area contributed by atoms with Crippen molar-refractivity contribution in [2.45, 2.75) is 26.2 Å². The molecule has 0 radical (unpaired) electrons. The van der Waals surface area contributed by atoms with Crippen LogP contribution >= 0.6 is 0 Å². The molecule has 1 aromatic rings. The predicted octanol–water partition coefficient (Wildman–Crippen LogP) is 2.90. The van der Waals surface area contributed by atoms with Crippen molar-refractivity contribution in [3.8, 4) is 0 Å². The highest BCUT2D eigenvalue weighted by molar-refractivity contribution is 5.96. The van der Waals surface area contributed by atoms with Gasteiger partial charge in [-0.1, -0.05) is 6.92 Å². The van der Waals surface area contributed by atoms with Crippen molar-refractivity contribution in [2.75, 3.05) is 25.5 Å². The summed E-state index contributed by atoms with van der Waals surface area (Å²) in [5.74, 6) is 0.600. The summed E-state index contributed by atoms with van der Waals surface area (Å²) < 4.78 is 0. The van der Waals surface area contributed by atoms with E-state index in [1.165, 1.54) is 12.1 Å². The van der Waals surface area contributed by atoms with Crippen LogP contribution in [0, 0.1) is 16.0 Å². The van der Waals surface area contributed by atoms with E-state index >= 15 is 0 Å². The van der Waals surface area contributed by atoms with Crippen molar-refractivity contribution in [3.63, 3.8) is 0 Å². The van der Waals surface area contributed by atoms with Crippen LogP contribution in [0.15, 0.2) is 18.2 Å². The van der Waals surface area contributed by atoms with Gasteiger partial charge in [-0.15, -0.1) is 0 Å². The van der Waals surface area contributed by atoms with E-state index in [0.717, 1.165) is 32.4 Å². The van der Waals surface area contributed by atoms with Crippen LogP contribution in [0.3, 0.4) is 0 Å². The summed E-state index contributed by atoms with van der Waals surface area (Å²) in [5.41, 5.74) is 0.854. The van der Waals surface area contributed by atoms with Gasteiger partial charge in [0.25, 0.3) is 11.6 Å². The van der Waals surface area contributed by atoms with E-state index in [-0.39, 0.29) is 11.6 Å². The molecule has 1 unspecified atom stereocenters. The van der Waals surface area contributed by atoms with Crippen LogP contribution in [0.1, 0.15) is 36.5 Å². The molecule has 1 atom stereocenters. The Morgan fingerprint density at radius 1 is 1.38 bits per heavy atom. The fourth-order valence-corrected chi connectivity index (χ4v) is 2.68. The molecule has 1 heterocycles. The Kier molecular flexibility index (Phi) is 4.77. The van der Waals surface area contributed by atoms with Crippen molar-refractivity contribution in [1.29, 1.82) is 0 Å². The number of carbonyl (C=O) groups is 1. The Hall–Kier alpha value is -2.11. The highest BCUT2D eigenvalue weighted by Gasteiger charge is 2.22. The van der Waals surface area contributed by atoms with Crippen molar-refractivity contribution >= 4 is 17.3 Å². The molecule has 114 valence electrons. The molecule has 1 saturated heterocycles. The first kappa shape index (κ1) is 15.3. The largest absolute Gasteiger partial charge is 0.383 e. The maximum absolute atomic E-state index is 12.5. The molecule has 0 aromatic heterocycles. The molecule has 1 fully saturated rings. The lowest BCUT2D eigenvalue weighted by Crippen LogP contribution is -2.32. The van der Waals surface area contributed by atoms with Gasteiger partial charge in [-0.05, 0) is 37.3 Å². The second-order valence-corrected chi connectivity index (χ2v) is 5.57. The molecule has 0 aliphatic carbocycles. The molecule has 1 aromatic carbocycles. The molecule has 21 heavy (non-hydrogen) atoms. The quantitative estimate of drug-likeness (QED) is 0.686. The SMILES string of the molecule is CNc1cc(C(=O)N2CCCC(C)CC2)ccc1[N+](=O)[O-]. The van der Waals surface area contributed by atoms with Crippen LogP contribution in [0.4, 0.5) is 11.4 Å². The third-order valence-electron chi connectivity index (χ3n) is 4.01. The number of amides is 1. The first-order valence-electron chi connectivity index (χ1n) is 7.28. The van der Waals surface area contributed by atoms with Crippen molar-refractivity contribution < 1.29 is 9.72 Å². The van der Waals surface area contributed by atoms with E-state index in [9.17, 15) is 14.9 Å². The highest BCUT2D eigenvalue weighted by atomic mass is 16.6. The van der Waals surface area contributed by atoms with Crippen LogP contribution in [-0.2, 0) is 0 Å². The Morgan fingerprint density at radius 2 is 2.14 bits per heavy atom. The van der Waals surface area contributed by atoms with Crippen LogP contribution in [-0.4, -0.2) is 35.9 Å². The molecule has 0 saturated carbocycles. The number of nitro benzene ring substituents is 1. The first-order chi connectivity index (χ1) is 10.0. The monoisotopic (exact) mass is 291 g/mol. The maximum Gasteiger partial charge on any atom is 0.292 e. The fraction of sp³-hybridized carbons (Fsp3) is 0.533. The standard InChI is InChI=1S/C15H21N3O3/c1-11-4-3-8-17(9-7-11)15(19)12-5-6-14(18(20)21)13(10-12)16-2/h5-6,10-11,16H,3-4,7-9H2,1-2H3. The molecule has 1 aliphatic rings. The number of carbonyl (C=O) groups excluding carboxylic acids is 1. The topological polar surface area (TPSA) is 75.5 Å². The molecule has 6 heteroatoms. The summed E-state index contributed by atoms with van der Waals surface area (Å²) in [7, 11) is 1.62. The Morgan fingerprint density at radius 3 is 2.81 bits per heavy atom. The van der Waals surface area contributed by atoms with E-state index in [2.05, 4.69) is 12.2 Å². The lowest BCUT2D eigenvalue weighted by Gasteiger charge is -2.20. The zero-order valence-electron chi connectivity index (χ0n) is 12.5. The summed E-state index contributed by atoms with van der Waals surface area (Å²) in [6, 6.07) is 4.49. The number of anilines is 1. The minimum absolute atomic E-state index is 0.0152. The lowest BCUT2D eigenvalue weighted by molar-refractivity contribution is -0.383. The van der Waals surface area contributed by atoms with E-state index < -0.39 is 4.92 Å². The number of likely N-dealkylation sites (tertiary alicyclic amines) is 1. The summed E-state index contributed by atoms with van der Waals surface area (Å²) in [6.45, 7) is 3.72. The fourth-order valence-electron chi connectivity index (χ4n) is 2.68. The van der Waals surface area contributed by atoms with Crippen LogP contribution in [0.2, 0.25) is 0 Å². The Bertz CT molecular complexity index is 545. The molecule has 1 N–H and O–H groups in total.